The number of H-pyrrole nitrogens is 1. The first-order chi connectivity index (χ1) is 14.4. The molecule has 1 N–H and O–H groups in total. The first-order valence-electron chi connectivity index (χ1n) is 8.61. The molecule has 30 heavy (non-hydrogen) atoms. The van der Waals surface area contributed by atoms with Gasteiger partial charge in [0.05, 0.1) is 21.4 Å². The van der Waals surface area contributed by atoms with Crippen molar-refractivity contribution in [1.82, 2.24) is 9.97 Å². The minimum Gasteiger partial charge on any atom is -0.457 e. The number of rotatable bonds is 4. The molecular weight excluding hydrogens is 408 g/mol. The lowest BCUT2D eigenvalue weighted by Crippen LogP contribution is -2.11. The Morgan fingerprint density at radius 1 is 1.23 bits per heavy atom. The third kappa shape index (κ3) is 3.70. The van der Waals surface area contributed by atoms with Crippen molar-refractivity contribution in [3.63, 3.8) is 0 Å². The SMILES string of the molecule is N#C/C(=C\c1ccc(-c2cccc([N+](=O)[O-])c2)o1)c1nc2ccc(Cl)cc2c(=O)[nH]1. The predicted octanol–water partition coefficient (Wildman–Crippen LogP) is 4.81. The number of benzene rings is 2. The molecule has 8 nitrogen and oxygen atoms in total. The summed E-state index contributed by atoms with van der Waals surface area (Å²) in [6, 6.07) is 16.0. The van der Waals surface area contributed by atoms with Crippen molar-refractivity contribution in [3.05, 3.63) is 91.7 Å². The van der Waals surface area contributed by atoms with E-state index in [2.05, 4.69) is 9.97 Å². The molecule has 0 saturated heterocycles. The summed E-state index contributed by atoms with van der Waals surface area (Å²) in [5.41, 5.74) is 0.531. The lowest BCUT2D eigenvalue weighted by molar-refractivity contribution is -0.384. The van der Waals surface area contributed by atoms with Gasteiger partial charge in [0, 0.05) is 28.8 Å². The molecule has 0 aliphatic carbocycles. The van der Waals surface area contributed by atoms with Crippen LogP contribution in [0.5, 0.6) is 0 Å². The number of hydrogen-bond acceptors (Lipinski definition) is 6. The molecule has 2 aromatic carbocycles. The number of furan rings is 1. The highest BCUT2D eigenvalue weighted by molar-refractivity contribution is 6.31. The average Bonchev–Trinajstić information content (AvgIpc) is 3.21. The first-order valence-corrected chi connectivity index (χ1v) is 8.99. The third-order valence-electron chi connectivity index (χ3n) is 4.30. The second-order valence-corrected chi connectivity index (χ2v) is 6.69. The van der Waals surface area contributed by atoms with Gasteiger partial charge in [-0.05, 0) is 30.3 Å². The fourth-order valence-electron chi connectivity index (χ4n) is 2.89. The maximum absolute atomic E-state index is 12.3. The molecule has 0 amide bonds. The number of nitrogens with one attached hydrogen (secondary N) is 1. The number of aromatic nitrogens is 2. The lowest BCUT2D eigenvalue weighted by Gasteiger charge is -2.02. The van der Waals surface area contributed by atoms with Gasteiger partial charge in [-0.1, -0.05) is 23.7 Å². The highest BCUT2D eigenvalue weighted by Gasteiger charge is 2.12. The molecule has 146 valence electrons. The van der Waals surface area contributed by atoms with Crippen LogP contribution in [0.15, 0.2) is 63.8 Å². The molecule has 4 rings (SSSR count). The van der Waals surface area contributed by atoms with Crippen LogP contribution < -0.4 is 5.56 Å². The van der Waals surface area contributed by atoms with Crippen LogP contribution in [0, 0.1) is 21.4 Å². The largest absolute Gasteiger partial charge is 0.457 e. The second kappa shape index (κ2) is 7.66. The van der Waals surface area contributed by atoms with Crippen molar-refractivity contribution in [2.24, 2.45) is 0 Å². The molecule has 0 unspecified atom stereocenters. The summed E-state index contributed by atoms with van der Waals surface area (Å²) < 4.78 is 5.70. The van der Waals surface area contributed by atoms with Crippen LogP contribution in [-0.4, -0.2) is 14.9 Å². The molecule has 2 aromatic heterocycles. The zero-order chi connectivity index (χ0) is 21.3. The Labute approximate surface area is 173 Å². The van der Waals surface area contributed by atoms with Gasteiger partial charge >= 0.3 is 0 Å². The van der Waals surface area contributed by atoms with E-state index in [-0.39, 0.29) is 17.1 Å². The van der Waals surface area contributed by atoms with E-state index in [9.17, 15) is 20.2 Å². The number of halogens is 1. The van der Waals surface area contributed by atoms with Crippen molar-refractivity contribution in [3.8, 4) is 17.4 Å². The smallest absolute Gasteiger partial charge is 0.270 e. The standard InChI is InChI=1S/C21H11ClN4O4/c22-14-4-6-18-17(10-14)21(27)25-20(24-18)13(11-23)9-16-5-7-19(30-16)12-2-1-3-15(8-12)26(28)29/h1-10H,(H,24,25,27)/b13-9+. The van der Waals surface area contributed by atoms with Gasteiger partial charge in [-0.3, -0.25) is 14.9 Å². The number of fused-ring (bicyclic) bond motifs is 1. The Kier molecular flexibility index (Phi) is 4.88. The number of nitriles is 1. The Hall–Kier alpha value is -4.22. The minimum absolute atomic E-state index is 0.0586. The van der Waals surface area contributed by atoms with Gasteiger partial charge in [0.25, 0.3) is 11.2 Å². The molecule has 0 fully saturated rings. The molecule has 0 spiro atoms. The van der Waals surface area contributed by atoms with Crippen LogP contribution in [0.25, 0.3) is 33.9 Å². The highest BCUT2D eigenvalue weighted by Crippen LogP contribution is 2.27. The normalized spacial score (nSPS) is 11.4. The van der Waals surface area contributed by atoms with E-state index in [1.807, 2.05) is 6.07 Å². The average molecular weight is 419 g/mol. The van der Waals surface area contributed by atoms with Crippen molar-refractivity contribution in [2.75, 3.05) is 0 Å². The number of non-ortho nitro benzene ring substituents is 1. The molecule has 0 aliphatic rings. The molecule has 4 aromatic rings. The summed E-state index contributed by atoms with van der Waals surface area (Å²) in [5.74, 6) is 0.814. The number of nitro groups is 1. The summed E-state index contributed by atoms with van der Waals surface area (Å²) in [6.45, 7) is 0. The Balaban J connectivity index is 1.73. The van der Waals surface area contributed by atoms with Crippen molar-refractivity contribution < 1.29 is 9.34 Å². The van der Waals surface area contributed by atoms with Crippen LogP contribution in [0.4, 0.5) is 5.69 Å². The zero-order valence-corrected chi connectivity index (χ0v) is 15.9. The third-order valence-corrected chi connectivity index (χ3v) is 4.53. The maximum Gasteiger partial charge on any atom is 0.270 e. The summed E-state index contributed by atoms with van der Waals surface area (Å²) in [4.78, 5) is 29.7. The van der Waals surface area contributed by atoms with Crippen LogP contribution >= 0.6 is 11.6 Å². The molecule has 0 radical (unpaired) electrons. The van der Waals surface area contributed by atoms with E-state index in [1.165, 1.54) is 24.3 Å². The maximum atomic E-state index is 12.3. The molecular formula is C21H11ClN4O4. The monoisotopic (exact) mass is 418 g/mol. The van der Waals surface area contributed by atoms with E-state index < -0.39 is 10.5 Å². The van der Waals surface area contributed by atoms with E-state index >= 15 is 0 Å². The fourth-order valence-corrected chi connectivity index (χ4v) is 3.06. The quantitative estimate of drug-likeness (QED) is 0.288. The highest BCUT2D eigenvalue weighted by atomic mass is 35.5. The van der Waals surface area contributed by atoms with Crippen molar-refractivity contribution in [1.29, 1.82) is 5.26 Å². The summed E-state index contributed by atoms with van der Waals surface area (Å²) >= 11 is 5.91. The van der Waals surface area contributed by atoms with E-state index in [0.29, 0.717) is 33.0 Å². The lowest BCUT2D eigenvalue weighted by atomic mass is 10.1. The van der Waals surface area contributed by atoms with Gasteiger partial charge in [0.1, 0.15) is 17.6 Å². The summed E-state index contributed by atoms with van der Waals surface area (Å²) in [7, 11) is 0. The van der Waals surface area contributed by atoms with Crippen LogP contribution in [0.2, 0.25) is 5.02 Å². The van der Waals surface area contributed by atoms with Crippen molar-refractivity contribution in [2.45, 2.75) is 0 Å². The van der Waals surface area contributed by atoms with Crippen LogP contribution in [-0.2, 0) is 0 Å². The van der Waals surface area contributed by atoms with E-state index in [0.717, 1.165) is 0 Å². The number of nitro benzene ring substituents is 1. The van der Waals surface area contributed by atoms with Gasteiger partial charge < -0.3 is 9.40 Å². The van der Waals surface area contributed by atoms with Gasteiger partial charge in [0.2, 0.25) is 0 Å². The molecule has 0 saturated carbocycles. The van der Waals surface area contributed by atoms with Crippen molar-refractivity contribution >= 4 is 39.8 Å². The summed E-state index contributed by atoms with van der Waals surface area (Å²) in [5, 5.41) is 21.2. The second-order valence-electron chi connectivity index (χ2n) is 6.26. The number of hydrogen-bond donors (Lipinski definition) is 1. The molecule has 0 bridgehead atoms. The zero-order valence-electron chi connectivity index (χ0n) is 15.1. The van der Waals surface area contributed by atoms with Crippen LogP contribution in [0.3, 0.4) is 0 Å². The fraction of sp³-hybridized carbons (Fsp3) is 0. The summed E-state index contributed by atoms with van der Waals surface area (Å²) in [6.07, 6.45) is 1.43. The topological polar surface area (TPSA) is 126 Å². The number of allylic oxidation sites excluding steroid dienone is 1. The van der Waals surface area contributed by atoms with Crippen LogP contribution in [0.1, 0.15) is 11.6 Å². The van der Waals surface area contributed by atoms with E-state index in [1.54, 1.807) is 36.4 Å². The molecule has 0 atom stereocenters. The number of aromatic amines is 1. The number of nitrogens with zero attached hydrogens (tertiary/aromatic N) is 3. The van der Waals surface area contributed by atoms with E-state index in [4.69, 9.17) is 16.0 Å². The minimum atomic E-state index is -0.490. The Morgan fingerprint density at radius 3 is 2.83 bits per heavy atom. The molecule has 2 heterocycles. The molecule has 9 heteroatoms. The van der Waals surface area contributed by atoms with Gasteiger partial charge in [-0.25, -0.2) is 4.98 Å². The van der Waals surface area contributed by atoms with Gasteiger partial charge in [0.15, 0.2) is 5.82 Å². The van der Waals surface area contributed by atoms with Gasteiger partial charge in [-0.2, -0.15) is 5.26 Å². The van der Waals surface area contributed by atoms with Gasteiger partial charge in [-0.15, -0.1) is 0 Å². The Bertz CT molecular complexity index is 1430. The Morgan fingerprint density at radius 2 is 2.07 bits per heavy atom. The predicted molar refractivity (Wildman–Crippen MR) is 112 cm³/mol. The first kappa shape index (κ1) is 19.1. The molecule has 0 aliphatic heterocycles.